The molecule has 2 aliphatic rings. The summed E-state index contributed by atoms with van der Waals surface area (Å²) >= 11 is 0. The minimum atomic E-state index is -0.834. The molecule has 2 heterocycles. The van der Waals surface area contributed by atoms with E-state index in [0.29, 0.717) is 45.7 Å². The van der Waals surface area contributed by atoms with E-state index < -0.39 is 17.4 Å². The third-order valence-electron chi connectivity index (χ3n) is 7.02. The average molecular weight is 482 g/mol. The Hall–Kier alpha value is -3.62. The van der Waals surface area contributed by atoms with E-state index in [-0.39, 0.29) is 24.0 Å². The van der Waals surface area contributed by atoms with Crippen molar-refractivity contribution in [1.82, 2.24) is 14.7 Å². The van der Waals surface area contributed by atoms with E-state index in [1.807, 2.05) is 44.2 Å². The molecule has 1 spiro atoms. The van der Waals surface area contributed by atoms with Crippen molar-refractivity contribution in [3.8, 4) is 0 Å². The number of likely N-dealkylation sites (tertiary alicyclic amines) is 1. The highest BCUT2D eigenvalue weighted by Gasteiger charge is 2.54. The predicted octanol–water partition coefficient (Wildman–Crippen LogP) is 3.37. The quantitative estimate of drug-likeness (QED) is 0.687. The fraction of sp³-hybridized carbons (Fsp3) is 0.423. The van der Waals surface area contributed by atoms with E-state index in [1.54, 1.807) is 26.8 Å². The minimum Gasteiger partial charge on any atom is -0.342 e. The number of piperidine rings is 1. The molecule has 186 valence electrons. The summed E-state index contributed by atoms with van der Waals surface area (Å²) in [5.41, 5.74) is 0.198. The Morgan fingerprint density at radius 2 is 1.63 bits per heavy atom. The van der Waals surface area contributed by atoms with Gasteiger partial charge in [0.15, 0.2) is 0 Å². The zero-order chi connectivity index (χ0) is 25.0. The van der Waals surface area contributed by atoms with Gasteiger partial charge in [0.2, 0.25) is 5.91 Å². The number of hydrogen-bond acceptors (Lipinski definition) is 4. The second kappa shape index (κ2) is 10.3. The first-order valence-electron chi connectivity index (χ1n) is 12.1. The SMILES string of the molecule is CCN(CC)C(=O)CN1CN(c2ccccc2)C2(CCN(C(=O)Nc3ccccc3F)CC2)C1=O. The molecule has 4 rings (SSSR count). The Bertz CT molecular complexity index is 1070. The maximum Gasteiger partial charge on any atom is 0.321 e. The number of benzene rings is 2. The van der Waals surface area contributed by atoms with Gasteiger partial charge in [-0.25, -0.2) is 9.18 Å². The van der Waals surface area contributed by atoms with Crippen molar-refractivity contribution in [2.24, 2.45) is 0 Å². The van der Waals surface area contributed by atoms with Crippen LogP contribution in [0.5, 0.6) is 0 Å². The molecule has 2 aliphatic heterocycles. The van der Waals surface area contributed by atoms with E-state index in [2.05, 4.69) is 10.2 Å². The van der Waals surface area contributed by atoms with E-state index in [1.165, 1.54) is 12.1 Å². The number of nitrogens with zero attached hydrogens (tertiary/aromatic N) is 4. The average Bonchev–Trinajstić information content (AvgIpc) is 3.13. The van der Waals surface area contributed by atoms with Crippen molar-refractivity contribution in [3.63, 3.8) is 0 Å². The molecule has 0 atom stereocenters. The molecule has 35 heavy (non-hydrogen) atoms. The van der Waals surface area contributed by atoms with E-state index >= 15 is 0 Å². The van der Waals surface area contributed by atoms with Crippen molar-refractivity contribution < 1.29 is 18.8 Å². The number of halogens is 1. The highest BCUT2D eigenvalue weighted by Crippen LogP contribution is 2.39. The van der Waals surface area contributed by atoms with Gasteiger partial charge in [-0.3, -0.25) is 9.59 Å². The largest absolute Gasteiger partial charge is 0.342 e. The zero-order valence-corrected chi connectivity index (χ0v) is 20.2. The number of carbonyl (C=O) groups excluding carboxylic acids is 3. The molecule has 0 radical (unpaired) electrons. The fourth-order valence-corrected chi connectivity index (χ4v) is 5.00. The highest BCUT2D eigenvalue weighted by atomic mass is 19.1. The summed E-state index contributed by atoms with van der Waals surface area (Å²) in [5, 5.41) is 2.63. The van der Waals surface area contributed by atoms with Gasteiger partial charge in [0, 0.05) is 31.9 Å². The summed E-state index contributed by atoms with van der Waals surface area (Å²) in [7, 11) is 0. The van der Waals surface area contributed by atoms with Gasteiger partial charge in [-0.1, -0.05) is 30.3 Å². The number of nitrogens with one attached hydrogen (secondary N) is 1. The first-order valence-corrected chi connectivity index (χ1v) is 12.1. The molecule has 0 saturated carbocycles. The van der Waals surface area contributed by atoms with Crippen molar-refractivity contribution in [2.45, 2.75) is 32.2 Å². The molecule has 2 aromatic carbocycles. The van der Waals surface area contributed by atoms with Gasteiger partial charge in [-0.05, 0) is 51.0 Å². The molecule has 2 aromatic rings. The van der Waals surface area contributed by atoms with E-state index in [9.17, 15) is 18.8 Å². The fourth-order valence-electron chi connectivity index (χ4n) is 5.00. The van der Waals surface area contributed by atoms with Crippen LogP contribution in [0.25, 0.3) is 0 Å². The lowest BCUT2D eigenvalue weighted by molar-refractivity contribution is -0.140. The van der Waals surface area contributed by atoms with Crippen LogP contribution >= 0.6 is 0 Å². The maximum absolute atomic E-state index is 14.0. The van der Waals surface area contributed by atoms with Crippen LogP contribution in [0.2, 0.25) is 0 Å². The van der Waals surface area contributed by atoms with Crippen LogP contribution in [0, 0.1) is 5.82 Å². The van der Waals surface area contributed by atoms with Crippen LogP contribution in [-0.2, 0) is 9.59 Å². The van der Waals surface area contributed by atoms with Gasteiger partial charge < -0.3 is 24.9 Å². The van der Waals surface area contributed by atoms with Crippen LogP contribution < -0.4 is 10.2 Å². The second-order valence-corrected chi connectivity index (χ2v) is 8.90. The van der Waals surface area contributed by atoms with Gasteiger partial charge in [0.05, 0.1) is 12.4 Å². The monoisotopic (exact) mass is 481 g/mol. The second-order valence-electron chi connectivity index (χ2n) is 8.90. The molecule has 0 unspecified atom stereocenters. The summed E-state index contributed by atoms with van der Waals surface area (Å²) in [4.78, 5) is 46.4. The van der Waals surface area contributed by atoms with Gasteiger partial charge in [0.1, 0.15) is 17.9 Å². The van der Waals surface area contributed by atoms with Crippen LogP contribution in [-0.4, -0.2) is 77.5 Å². The third-order valence-corrected chi connectivity index (χ3v) is 7.02. The molecule has 8 nitrogen and oxygen atoms in total. The van der Waals surface area contributed by atoms with E-state index in [4.69, 9.17) is 0 Å². The van der Waals surface area contributed by atoms with Crippen molar-refractivity contribution in [3.05, 3.63) is 60.4 Å². The number of likely N-dealkylation sites (N-methyl/N-ethyl adjacent to an activating group) is 1. The Kier molecular flexibility index (Phi) is 7.23. The molecule has 2 fully saturated rings. The normalized spacial score (nSPS) is 17.1. The summed E-state index contributed by atoms with van der Waals surface area (Å²) < 4.78 is 14.0. The molecule has 1 N–H and O–H groups in total. The van der Waals surface area contributed by atoms with Gasteiger partial charge in [-0.2, -0.15) is 0 Å². The standard InChI is InChI=1S/C26H32FN5O3/c1-3-29(4-2)23(33)18-31-19-32(20-10-6-5-7-11-20)26(24(31)34)14-16-30(17-15-26)25(35)28-22-13-9-8-12-21(22)27/h5-13H,3-4,14-19H2,1-2H3,(H,28,35). The first-order chi connectivity index (χ1) is 16.9. The van der Waals surface area contributed by atoms with Gasteiger partial charge in [-0.15, -0.1) is 0 Å². The minimum absolute atomic E-state index is 0.0308. The molecule has 4 amide bonds. The third kappa shape index (κ3) is 4.80. The first kappa shape index (κ1) is 24.5. The number of carbonyl (C=O) groups is 3. The summed E-state index contributed by atoms with van der Waals surface area (Å²) in [6.07, 6.45) is 0.836. The Morgan fingerprint density at radius 1 is 1.00 bits per heavy atom. The molecule has 0 bridgehead atoms. The number of amides is 4. The number of urea groups is 1. The number of anilines is 2. The molecule has 9 heteroatoms. The van der Waals surface area contributed by atoms with Gasteiger partial charge in [0.25, 0.3) is 5.91 Å². The zero-order valence-electron chi connectivity index (χ0n) is 20.2. The Balaban J connectivity index is 1.52. The van der Waals surface area contributed by atoms with Crippen LogP contribution in [0.4, 0.5) is 20.6 Å². The molecular weight excluding hydrogens is 449 g/mol. The highest BCUT2D eigenvalue weighted by molar-refractivity contribution is 5.97. The number of rotatable bonds is 6. The van der Waals surface area contributed by atoms with E-state index in [0.717, 1.165) is 5.69 Å². The molecule has 0 aromatic heterocycles. The van der Waals surface area contributed by atoms with Crippen molar-refractivity contribution in [1.29, 1.82) is 0 Å². The summed E-state index contributed by atoms with van der Waals surface area (Å²) in [6, 6.07) is 15.3. The van der Waals surface area contributed by atoms with Crippen LogP contribution in [0.3, 0.4) is 0 Å². The molecule has 0 aliphatic carbocycles. The van der Waals surface area contributed by atoms with Crippen LogP contribution in [0.15, 0.2) is 54.6 Å². The number of para-hydroxylation sites is 2. The topological polar surface area (TPSA) is 76.2 Å². The predicted molar refractivity (Wildman–Crippen MR) is 132 cm³/mol. The lowest BCUT2D eigenvalue weighted by Gasteiger charge is -2.43. The van der Waals surface area contributed by atoms with Crippen molar-refractivity contribution >= 4 is 29.2 Å². The molecular formula is C26H32FN5O3. The lowest BCUT2D eigenvalue weighted by Crippen LogP contribution is -2.58. The smallest absolute Gasteiger partial charge is 0.321 e. The number of hydrogen-bond donors (Lipinski definition) is 1. The summed E-state index contributed by atoms with van der Waals surface area (Å²) in [5.74, 6) is -0.657. The van der Waals surface area contributed by atoms with Crippen molar-refractivity contribution in [2.75, 3.05) is 49.6 Å². The molecule has 2 saturated heterocycles. The Labute approximate surface area is 205 Å². The Morgan fingerprint density at radius 3 is 2.26 bits per heavy atom. The maximum atomic E-state index is 14.0. The van der Waals surface area contributed by atoms with Gasteiger partial charge >= 0.3 is 6.03 Å². The van der Waals surface area contributed by atoms with Crippen LogP contribution in [0.1, 0.15) is 26.7 Å². The lowest BCUT2D eigenvalue weighted by atomic mass is 9.85. The summed E-state index contributed by atoms with van der Waals surface area (Å²) in [6.45, 7) is 6.06.